The molecule has 18 heteroatoms. The molecule has 64 heavy (non-hydrogen) atoms. The smallest absolute Gasteiger partial charge is 0.369 e. The average molecular weight is 1160 g/mol. The average Bonchev–Trinajstić information content (AvgIpc) is 3.13. The van der Waals surface area contributed by atoms with E-state index >= 15 is 0 Å². The van der Waals surface area contributed by atoms with Crippen molar-refractivity contribution in [1.82, 2.24) is 0 Å². The summed E-state index contributed by atoms with van der Waals surface area (Å²) in [5, 5.41) is 0. The molecule has 13 nitrogen and oxygen atoms in total. The van der Waals surface area contributed by atoms with Crippen LogP contribution in [0.25, 0.3) is 0 Å². The Bertz CT molecular complexity index is 1470. The molecule has 8 atom stereocenters. The largest absolute Gasteiger partial charge is 0.373 e. The number of hydrogen-bond donors (Lipinski definition) is 0. The molecule has 0 aliphatic heterocycles. The maximum atomic E-state index is 12.4. The fraction of sp³-hybridized carbons (Fsp3) is 0.761. The zero-order chi connectivity index (χ0) is 50.9. The molecule has 0 aromatic heterocycles. The second-order valence-corrected chi connectivity index (χ2v) is 31.1. The van der Waals surface area contributed by atoms with Crippen molar-refractivity contribution in [2.45, 2.75) is 111 Å². The van der Waals surface area contributed by atoms with Crippen LogP contribution in [0, 0.1) is 54.0 Å². The summed E-state index contributed by atoms with van der Waals surface area (Å²) in [6, 6.07) is 10.0. The summed E-state index contributed by atoms with van der Waals surface area (Å²) in [7, 11) is -7.75. The molecule has 0 aliphatic carbocycles. The number of ether oxygens (including phenoxy) is 1. The number of rotatable bonds is 18. The van der Waals surface area contributed by atoms with E-state index < -0.39 is 28.6 Å². The molecule has 0 spiro atoms. The second kappa shape index (κ2) is 49.2. The van der Waals surface area contributed by atoms with E-state index in [9.17, 15) is 18.3 Å². The Morgan fingerprint density at radius 2 is 0.719 bits per heavy atom. The van der Waals surface area contributed by atoms with Crippen LogP contribution < -0.4 is 0 Å². The SMILES string of the molecule is C.CC(C)[C@H](C)C[P@@](C)(=O)COCc1ccccc1.CC[P@@](C)(=O)C[C@@H](C)C(C)C.CC[P@@](C)(=O)C[C@@H](C)C(C)C.O=C=O.O=C=O.O=C=O.O=C=O.[CH2-][P@@](C)(=O)C[C@@H](C)C(C)C.[W]. The van der Waals surface area contributed by atoms with Gasteiger partial charge in [0.25, 0.3) is 0 Å². The molecule has 0 saturated heterocycles. The first-order valence-electron chi connectivity index (χ1n) is 20.8. The standard InChI is InChI=1S/C15H25O2P.2C9H21OP.C8H18OP.4CO2.CH4.W/c1-13(2)14(3)11-18(4,16)12-17-10-15-8-6-5-7-9-15;2*1-6-11(5,10)7-9(4)8(2)3;1-7(2)8(3)6-10(4,5)9;4*2-1-3;;/h5-9,13-14H,10-12H2,1-4H3;2*8-9H,6-7H2,1-5H3;7-8H,4,6H2,1-3,5H3;;;;;1H4;/q;;;-1;;;;;;/t14-,18-;2*9-,11-;8-,10+;;;;;;/m1111....../s1. The Morgan fingerprint density at radius 1 is 0.484 bits per heavy atom. The minimum absolute atomic E-state index is 0. The maximum Gasteiger partial charge on any atom is 0.373 e. The Hall–Kier alpha value is -1.69. The minimum Gasteiger partial charge on any atom is -0.369 e. The van der Waals surface area contributed by atoms with Crippen molar-refractivity contribution in [3.05, 3.63) is 42.6 Å². The van der Waals surface area contributed by atoms with Gasteiger partial charge < -0.3 is 23.0 Å². The van der Waals surface area contributed by atoms with Crippen molar-refractivity contribution in [3.8, 4) is 0 Å². The van der Waals surface area contributed by atoms with Gasteiger partial charge in [0, 0.05) is 39.6 Å². The van der Waals surface area contributed by atoms with E-state index in [1.807, 2.05) is 64.2 Å². The van der Waals surface area contributed by atoms with E-state index in [-0.39, 0.29) is 53.1 Å². The topological polar surface area (TPSA) is 214 Å². The normalized spacial score (nSPS) is 15.2. The molecule has 1 aromatic rings. The maximum absolute atomic E-state index is 12.4. The molecular weight excluding hydrogens is 1070 g/mol. The summed E-state index contributed by atoms with van der Waals surface area (Å²) < 4.78 is 52.6. The van der Waals surface area contributed by atoms with E-state index in [4.69, 9.17) is 43.1 Å². The van der Waals surface area contributed by atoms with Crippen LogP contribution in [0.15, 0.2) is 30.3 Å². The van der Waals surface area contributed by atoms with Crippen molar-refractivity contribution in [3.63, 3.8) is 0 Å². The predicted octanol–water partition coefficient (Wildman–Crippen LogP) is 12.4. The summed E-state index contributed by atoms with van der Waals surface area (Å²) in [5.74, 6) is 4.75. The zero-order valence-electron chi connectivity index (χ0n) is 41.9. The molecule has 0 fully saturated rings. The van der Waals surface area contributed by atoms with Crippen molar-refractivity contribution in [1.29, 1.82) is 0 Å². The second-order valence-electron chi connectivity index (χ2n) is 17.7. The van der Waals surface area contributed by atoms with Crippen molar-refractivity contribution >= 4 is 53.2 Å². The monoisotopic (exact) mass is 1160 g/mol. The Balaban J connectivity index is -0.0000000838. The number of benzene rings is 1. The summed E-state index contributed by atoms with van der Waals surface area (Å²) >= 11 is 0. The van der Waals surface area contributed by atoms with Crippen LogP contribution >= 0.6 is 28.6 Å². The molecule has 0 aliphatic rings. The number of hydrogen-bond acceptors (Lipinski definition) is 13. The fourth-order valence-corrected chi connectivity index (χ4v) is 12.2. The third-order valence-electron chi connectivity index (χ3n) is 10.1. The van der Waals surface area contributed by atoms with Crippen molar-refractivity contribution < 1.29 is 82.4 Å². The van der Waals surface area contributed by atoms with Crippen LogP contribution in [-0.4, -0.2) is 94.6 Å². The van der Waals surface area contributed by atoms with Crippen LogP contribution in [0.4, 0.5) is 0 Å². The van der Waals surface area contributed by atoms with Gasteiger partial charge in [0.1, 0.15) is 7.14 Å². The molecule has 0 bridgehead atoms. The third kappa shape index (κ3) is 69.3. The first-order valence-corrected chi connectivity index (χ1v) is 30.9. The quantitative estimate of drug-likeness (QED) is 0.0989. The molecule has 1 rings (SSSR count). The summed E-state index contributed by atoms with van der Waals surface area (Å²) in [6.07, 6.45) is 6.49. The molecule has 378 valence electrons. The molecule has 0 amide bonds. The van der Waals surface area contributed by atoms with E-state index in [0.29, 0.717) is 60.3 Å². The van der Waals surface area contributed by atoms with Gasteiger partial charge in [-0.25, -0.2) is 0 Å². The molecular formula is C46H89O13P4W-. The van der Waals surface area contributed by atoms with Crippen molar-refractivity contribution in [2.24, 2.45) is 47.3 Å². The van der Waals surface area contributed by atoms with Gasteiger partial charge in [-0.15, -0.1) is 0 Å². The van der Waals surface area contributed by atoms with Gasteiger partial charge in [-0.2, -0.15) is 38.4 Å². The van der Waals surface area contributed by atoms with E-state index in [2.05, 4.69) is 89.7 Å². The molecule has 0 unspecified atom stereocenters. The Labute approximate surface area is 404 Å². The Morgan fingerprint density at radius 3 is 0.922 bits per heavy atom. The van der Waals surface area contributed by atoms with Gasteiger partial charge in [0.2, 0.25) is 0 Å². The molecule has 1 aromatic carbocycles. The van der Waals surface area contributed by atoms with E-state index in [1.165, 1.54) is 0 Å². The van der Waals surface area contributed by atoms with Crippen LogP contribution in [0.5, 0.6) is 0 Å². The molecule has 0 N–H and O–H groups in total. The van der Waals surface area contributed by atoms with Gasteiger partial charge in [0.05, 0.1) is 27.2 Å². The van der Waals surface area contributed by atoms with Gasteiger partial charge in [-0.05, 0) is 105 Å². The van der Waals surface area contributed by atoms with E-state index in [0.717, 1.165) is 42.5 Å². The molecule has 0 heterocycles. The van der Waals surface area contributed by atoms with Gasteiger partial charge in [-0.1, -0.05) is 135 Å². The first kappa shape index (κ1) is 82.4. The van der Waals surface area contributed by atoms with Crippen LogP contribution in [0.1, 0.15) is 110 Å². The zero-order valence-corrected chi connectivity index (χ0v) is 48.4. The minimum atomic E-state index is -2.16. The van der Waals surface area contributed by atoms with Gasteiger partial charge in [0.15, 0.2) is 0 Å². The molecule has 0 radical (unpaired) electrons. The van der Waals surface area contributed by atoms with Crippen LogP contribution in [0.3, 0.4) is 0 Å². The van der Waals surface area contributed by atoms with Gasteiger partial charge >= 0.3 is 24.6 Å². The first-order chi connectivity index (χ1) is 28.2. The third-order valence-corrected chi connectivity index (χ3v) is 18.9. The Kier molecular flexibility index (Phi) is 63.4. The van der Waals surface area contributed by atoms with Crippen LogP contribution in [0.2, 0.25) is 0 Å². The summed E-state index contributed by atoms with van der Waals surface area (Å²) in [5.41, 5.74) is 1.13. The molecule has 0 saturated carbocycles. The summed E-state index contributed by atoms with van der Waals surface area (Å²) in [4.78, 5) is 65.0. The predicted molar refractivity (Wildman–Crippen MR) is 259 cm³/mol. The number of carbonyl (C=O) groups excluding carboxylic acids is 8. The fourth-order valence-electron chi connectivity index (χ4n) is 4.52. The van der Waals surface area contributed by atoms with Crippen molar-refractivity contribution in [2.75, 3.05) is 70.0 Å². The van der Waals surface area contributed by atoms with Crippen LogP contribution in [-0.2, 0) is 89.0 Å². The van der Waals surface area contributed by atoms with Gasteiger partial charge in [-0.3, -0.25) is 6.66 Å². The summed E-state index contributed by atoms with van der Waals surface area (Å²) in [6.45, 7) is 41.8. The van der Waals surface area contributed by atoms with E-state index in [1.54, 1.807) is 6.66 Å².